The third-order valence-corrected chi connectivity index (χ3v) is 5.08. The zero-order valence-corrected chi connectivity index (χ0v) is 14.4. The highest BCUT2D eigenvalue weighted by atomic mass is 19.4. The van der Waals surface area contributed by atoms with E-state index in [1.54, 1.807) is 6.07 Å². The minimum atomic E-state index is -4.37. The van der Waals surface area contributed by atoms with Crippen LogP contribution in [0, 0.1) is 0 Å². The van der Waals surface area contributed by atoms with Crippen molar-refractivity contribution in [1.29, 1.82) is 0 Å². The predicted octanol–water partition coefficient (Wildman–Crippen LogP) is 3.73. The molecule has 0 amide bonds. The van der Waals surface area contributed by atoms with E-state index < -0.39 is 23.8 Å². The van der Waals surface area contributed by atoms with Gasteiger partial charge >= 0.3 is 12.1 Å². The van der Waals surface area contributed by atoms with Crippen molar-refractivity contribution in [3.05, 3.63) is 64.7 Å². The van der Waals surface area contributed by atoms with Crippen LogP contribution in [0.25, 0.3) is 0 Å². The van der Waals surface area contributed by atoms with Gasteiger partial charge < -0.3 is 14.7 Å². The molecule has 1 unspecified atom stereocenters. The molecule has 1 saturated heterocycles. The summed E-state index contributed by atoms with van der Waals surface area (Å²) < 4.78 is 43.5. The maximum absolute atomic E-state index is 12.7. The van der Waals surface area contributed by atoms with Crippen LogP contribution in [0.1, 0.15) is 39.6 Å². The standard InChI is InChI=1S/C20H18F3NO3/c21-20(22,23)13-3-1-12(2-4-13)9-18-16-6-5-14(10-17(16)19(26)27-18)24-8-7-15(25)11-24/h1-6,10,15,18,25H,7-9,11H2/t15-,18?/m0/s1. The second-order valence-corrected chi connectivity index (χ2v) is 6.95. The van der Waals surface area contributed by atoms with Gasteiger partial charge in [0.15, 0.2) is 0 Å². The highest BCUT2D eigenvalue weighted by Crippen LogP contribution is 2.36. The first-order valence-corrected chi connectivity index (χ1v) is 8.75. The number of hydrogen-bond acceptors (Lipinski definition) is 4. The van der Waals surface area contributed by atoms with Gasteiger partial charge in [-0.05, 0) is 36.2 Å². The first-order valence-electron chi connectivity index (χ1n) is 8.75. The molecule has 27 heavy (non-hydrogen) atoms. The van der Waals surface area contributed by atoms with Crippen molar-refractivity contribution >= 4 is 11.7 Å². The van der Waals surface area contributed by atoms with E-state index in [1.165, 1.54) is 12.1 Å². The van der Waals surface area contributed by atoms with Gasteiger partial charge in [-0.25, -0.2) is 4.79 Å². The molecule has 0 aromatic heterocycles. The smallest absolute Gasteiger partial charge is 0.416 e. The lowest BCUT2D eigenvalue weighted by atomic mass is 9.98. The minimum absolute atomic E-state index is 0.318. The van der Waals surface area contributed by atoms with Crippen molar-refractivity contribution in [2.75, 3.05) is 18.0 Å². The van der Waals surface area contributed by atoms with Crippen LogP contribution in [-0.2, 0) is 17.3 Å². The van der Waals surface area contributed by atoms with Crippen LogP contribution in [0.2, 0.25) is 0 Å². The Kier molecular flexibility index (Phi) is 4.34. The van der Waals surface area contributed by atoms with Crippen molar-refractivity contribution in [2.45, 2.75) is 31.2 Å². The number of alkyl halides is 3. The topological polar surface area (TPSA) is 49.8 Å². The van der Waals surface area contributed by atoms with Gasteiger partial charge in [-0.3, -0.25) is 0 Å². The number of rotatable bonds is 3. The van der Waals surface area contributed by atoms with Crippen LogP contribution in [0.15, 0.2) is 42.5 Å². The van der Waals surface area contributed by atoms with E-state index in [0.29, 0.717) is 30.5 Å². The summed E-state index contributed by atoms with van der Waals surface area (Å²) >= 11 is 0. The Balaban J connectivity index is 1.53. The first-order chi connectivity index (χ1) is 12.8. The molecule has 4 nitrogen and oxygen atoms in total. The fourth-order valence-corrected chi connectivity index (χ4v) is 3.63. The Morgan fingerprint density at radius 1 is 1.15 bits per heavy atom. The van der Waals surface area contributed by atoms with Crippen LogP contribution in [0.5, 0.6) is 0 Å². The lowest BCUT2D eigenvalue weighted by Gasteiger charge is -2.18. The quantitative estimate of drug-likeness (QED) is 0.829. The molecule has 2 aromatic carbocycles. The maximum Gasteiger partial charge on any atom is 0.416 e. The summed E-state index contributed by atoms with van der Waals surface area (Å²) in [5.41, 5.74) is 2.04. The first kappa shape index (κ1) is 17.9. The number of hydrogen-bond donors (Lipinski definition) is 1. The van der Waals surface area contributed by atoms with E-state index in [-0.39, 0.29) is 6.10 Å². The van der Waals surface area contributed by atoms with Crippen molar-refractivity contribution < 1.29 is 27.8 Å². The summed E-state index contributed by atoms with van der Waals surface area (Å²) in [7, 11) is 0. The third kappa shape index (κ3) is 3.51. The number of benzene rings is 2. The number of fused-ring (bicyclic) bond motifs is 1. The summed E-state index contributed by atoms with van der Waals surface area (Å²) in [6.07, 6.45) is -4.23. The molecule has 0 saturated carbocycles. The number of ether oxygens (including phenoxy) is 1. The third-order valence-electron chi connectivity index (χ3n) is 5.08. The molecule has 142 valence electrons. The monoisotopic (exact) mass is 377 g/mol. The van der Waals surface area contributed by atoms with E-state index in [0.717, 1.165) is 29.9 Å². The molecule has 2 aromatic rings. The van der Waals surface area contributed by atoms with E-state index in [9.17, 15) is 23.1 Å². The summed E-state index contributed by atoms with van der Waals surface area (Å²) in [5, 5.41) is 9.68. The number of carbonyl (C=O) groups is 1. The van der Waals surface area contributed by atoms with Gasteiger partial charge in [0.25, 0.3) is 0 Å². The number of nitrogens with zero attached hydrogens (tertiary/aromatic N) is 1. The molecule has 0 radical (unpaired) electrons. The lowest BCUT2D eigenvalue weighted by Crippen LogP contribution is -2.21. The fourth-order valence-electron chi connectivity index (χ4n) is 3.63. The van der Waals surface area contributed by atoms with Crippen LogP contribution >= 0.6 is 0 Å². The Morgan fingerprint density at radius 3 is 2.52 bits per heavy atom. The van der Waals surface area contributed by atoms with Crippen LogP contribution < -0.4 is 4.90 Å². The molecular formula is C20H18F3NO3. The number of β-amino-alcohol motifs (C(OH)–C–C–N with tert-alkyl or cyclic N) is 1. The summed E-state index contributed by atoms with van der Waals surface area (Å²) in [5.74, 6) is -0.427. The summed E-state index contributed by atoms with van der Waals surface area (Å²) in [6, 6.07) is 10.4. The average molecular weight is 377 g/mol. The SMILES string of the molecule is O=C1OC(Cc2ccc(C(F)(F)F)cc2)c2ccc(N3CC[C@H](O)C3)cc21. The molecule has 4 rings (SSSR count). The molecule has 0 bridgehead atoms. The Labute approximate surface area is 154 Å². The second kappa shape index (κ2) is 6.56. The van der Waals surface area contributed by atoms with E-state index in [1.807, 2.05) is 17.0 Å². The van der Waals surface area contributed by atoms with Crippen LogP contribution in [-0.4, -0.2) is 30.3 Å². The number of aliphatic hydroxyl groups is 1. The van der Waals surface area contributed by atoms with E-state index >= 15 is 0 Å². The predicted molar refractivity (Wildman–Crippen MR) is 92.6 cm³/mol. The van der Waals surface area contributed by atoms with Crippen molar-refractivity contribution in [3.8, 4) is 0 Å². The Bertz CT molecular complexity index is 864. The number of aliphatic hydroxyl groups excluding tert-OH is 1. The second-order valence-electron chi connectivity index (χ2n) is 6.95. The van der Waals surface area contributed by atoms with Gasteiger partial charge in [0.05, 0.1) is 17.2 Å². The molecule has 2 heterocycles. The van der Waals surface area contributed by atoms with Gasteiger partial charge in [0, 0.05) is 30.8 Å². The molecule has 0 aliphatic carbocycles. The summed E-state index contributed by atoms with van der Waals surface area (Å²) in [6.45, 7) is 1.26. The van der Waals surface area contributed by atoms with E-state index in [2.05, 4.69) is 0 Å². The molecule has 2 aliphatic heterocycles. The highest BCUT2D eigenvalue weighted by Gasteiger charge is 2.33. The zero-order valence-electron chi connectivity index (χ0n) is 14.4. The van der Waals surface area contributed by atoms with Crippen LogP contribution in [0.3, 0.4) is 0 Å². The molecule has 1 fully saturated rings. The molecule has 2 aliphatic rings. The lowest BCUT2D eigenvalue weighted by molar-refractivity contribution is -0.137. The number of halogens is 3. The van der Waals surface area contributed by atoms with Crippen molar-refractivity contribution in [3.63, 3.8) is 0 Å². The van der Waals surface area contributed by atoms with Gasteiger partial charge in [-0.1, -0.05) is 18.2 Å². The largest absolute Gasteiger partial charge is 0.454 e. The van der Waals surface area contributed by atoms with Gasteiger partial charge in [0.2, 0.25) is 0 Å². The normalized spacial score (nSPS) is 22.1. The van der Waals surface area contributed by atoms with E-state index in [4.69, 9.17) is 4.74 Å². The fraction of sp³-hybridized carbons (Fsp3) is 0.350. The van der Waals surface area contributed by atoms with Crippen molar-refractivity contribution in [1.82, 2.24) is 0 Å². The molecule has 0 spiro atoms. The molecule has 2 atom stereocenters. The Morgan fingerprint density at radius 2 is 1.89 bits per heavy atom. The summed E-state index contributed by atoms with van der Waals surface area (Å²) in [4.78, 5) is 14.3. The maximum atomic E-state index is 12.7. The van der Waals surface area contributed by atoms with Crippen molar-refractivity contribution in [2.24, 2.45) is 0 Å². The van der Waals surface area contributed by atoms with Gasteiger partial charge in [0.1, 0.15) is 6.10 Å². The highest BCUT2D eigenvalue weighted by molar-refractivity contribution is 5.95. The zero-order chi connectivity index (χ0) is 19.2. The molecular weight excluding hydrogens is 359 g/mol. The number of anilines is 1. The average Bonchev–Trinajstić information content (AvgIpc) is 3.18. The van der Waals surface area contributed by atoms with Crippen LogP contribution in [0.4, 0.5) is 18.9 Å². The molecule has 7 heteroatoms. The van der Waals surface area contributed by atoms with Gasteiger partial charge in [-0.2, -0.15) is 13.2 Å². The molecule has 1 N–H and O–H groups in total. The minimum Gasteiger partial charge on any atom is -0.454 e. The van der Waals surface area contributed by atoms with Gasteiger partial charge in [-0.15, -0.1) is 0 Å². The number of esters is 1. The number of cyclic esters (lactones) is 1. The number of carbonyl (C=O) groups excluding carboxylic acids is 1. The Hall–Kier alpha value is -2.54.